The van der Waals surface area contributed by atoms with Crippen LogP contribution in [0, 0.1) is 0 Å². The van der Waals surface area contributed by atoms with Crippen LogP contribution in [0.25, 0.3) is 77.2 Å². The smallest absolute Gasteiger partial charge is 0.145 e. The molecular weight excluding hydrogens is 655 g/mol. The Balaban J connectivity index is 1.20. The van der Waals surface area contributed by atoms with E-state index in [0.29, 0.717) is 0 Å². The number of rotatable bonds is 7. The van der Waals surface area contributed by atoms with Gasteiger partial charge in [-0.1, -0.05) is 164 Å². The predicted molar refractivity (Wildman–Crippen MR) is 228 cm³/mol. The van der Waals surface area contributed by atoms with Crippen molar-refractivity contribution in [3.8, 4) is 44.5 Å². The molecule has 0 bridgehead atoms. The van der Waals surface area contributed by atoms with Crippen molar-refractivity contribution in [2.75, 3.05) is 4.90 Å². The van der Waals surface area contributed by atoms with Gasteiger partial charge >= 0.3 is 0 Å². The number of hydrogen-bond donors (Lipinski definition) is 0. The van der Waals surface area contributed by atoms with Gasteiger partial charge in [-0.05, 0) is 98.2 Å². The Labute approximate surface area is 314 Å². The van der Waals surface area contributed by atoms with E-state index in [-0.39, 0.29) is 0 Å². The fourth-order valence-corrected chi connectivity index (χ4v) is 7.86. The SMILES string of the molecule is c1ccc(-c2ccc(N(c3cccc(-c4ccccc4-c4ccccc4)c3)c3ccc(-c4ccc5ccccc5c4)c4oc5ccccc5c34)cc2)cc1. The summed E-state index contributed by atoms with van der Waals surface area (Å²) in [5.41, 5.74) is 14.2. The lowest BCUT2D eigenvalue weighted by Gasteiger charge is -2.27. The second-order valence-corrected chi connectivity index (χ2v) is 13.7. The van der Waals surface area contributed by atoms with Crippen LogP contribution in [0.5, 0.6) is 0 Å². The number of nitrogens with zero attached hydrogens (tertiary/aromatic N) is 1. The number of furan rings is 1. The molecule has 0 unspecified atom stereocenters. The minimum atomic E-state index is 0.868. The molecule has 0 fully saturated rings. The van der Waals surface area contributed by atoms with Gasteiger partial charge in [-0.2, -0.15) is 0 Å². The first-order valence-corrected chi connectivity index (χ1v) is 18.4. The molecule has 2 heteroatoms. The molecule has 0 N–H and O–H groups in total. The maximum absolute atomic E-state index is 6.82. The molecule has 10 rings (SSSR count). The van der Waals surface area contributed by atoms with Crippen LogP contribution in [0.1, 0.15) is 0 Å². The van der Waals surface area contributed by atoms with Gasteiger partial charge in [0.2, 0.25) is 0 Å². The van der Waals surface area contributed by atoms with Gasteiger partial charge in [0.1, 0.15) is 11.2 Å². The molecule has 0 radical (unpaired) electrons. The van der Waals surface area contributed by atoms with E-state index in [9.17, 15) is 0 Å². The van der Waals surface area contributed by atoms with Gasteiger partial charge in [-0.15, -0.1) is 0 Å². The van der Waals surface area contributed by atoms with Crippen molar-refractivity contribution in [3.63, 3.8) is 0 Å². The lowest BCUT2D eigenvalue weighted by atomic mass is 9.94. The molecule has 10 aromatic rings. The van der Waals surface area contributed by atoms with Crippen LogP contribution in [0.3, 0.4) is 0 Å². The summed E-state index contributed by atoms with van der Waals surface area (Å²) in [6, 6.07) is 75.8. The number of benzene rings is 9. The van der Waals surface area contributed by atoms with Crippen molar-refractivity contribution in [2.24, 2.45) is 0 Å². The average molecular weight is 690 g/mol. The van der Waals surface area contributed by atoms with Crippen LogP contribution in [-0.2, 0) is 0 Å². The van der Waals surface area contributed by atoms with Crippen molar-refractivity contribution in [2.45, 2.75) is 0 Å². The molecule has 254 valence electrons. The Morgan fingerprint density at radius 3 is 1.72 bits per heavy atom. The van der Waals surface area contributed by atoms with Gasteiger partial charge in [-0.3, -0.25) is 0 Å². The Morgan fingerprint density at radius 1 is 0.333 bits per heavy atom. The third-order valence-electron chi connectivity index (χ3n) is 10.5. The lowest BCUT2D eigenvalue weighted by molar-refractivity contribution is 0.670. The van der Waals surface area contributed by atoms with Crippen LogP contribution >= 0.6 is 0 Å². The fourth-order valence-electron chi connectivity index (χ4n) is 7.86. The van der Waals surface area contributed by atoms with Crippen molar-refractivity contribution >= 4 is 49.8 Å². The van der Waals surface area contributed by atoms with Gasteiger partial charge in [0.15, 0.2) is 0 Å². The molecule has 54 heavy (non-hydrogen) atoms. The summed E-state index contributed by atoms with van der Waals surface area (Å²) in [6.07, 6.45) is 0. The molecule has 0 aliphatic rings. The Morgan fingerprint density at radius 2 is 0.926 bits per heavy atom. The molecular formula is C52H35NO. The van der Waals surface area contributed by atoms with Crippen LogP contribution in [0.4, 0.5) is 17.1 Å². The molecule has 0 saturated carbocycles. The molecule has 1 heterocycles. The van der Waals surface area contributed by atoms with Crippen LogP contribution in [-0.4, -0.2) is 0 Å². The molecule has 0 atom stereocenters. The van der Waals surface area contributed by atoms with Gasteiger partial charge in [0.05, 0.1) is 11.1 Å². The monoisotopic (exact) mass is 689 g/mol. The summed E-state index contributed by atoms with van der Waals surface area (Å²) in [5.74, 6) is 0. The van der Waals surface area contributed by atoms with Crippen LogP contribution in [0.15, 0.2) is 217 Å². The first-order chi connectivity index (χ1) is 26.8. The van der Waals surface area contributed by atoms with E-state index in [0.717, 1.165) is 55.7 Å². The molecule has 0 aliphatic carbocycles. The average Bonchev–Trinajstić information content (AvgIpc) is 3.65. The van der Waals surface area contributed by atoms with E-state index < -0.39 is 0 Å². The first-order valence-electron chi connectivity index (χ1n) is 18.4. The summed E-state index contributed by atoms with van der Waals surface area (Å²) in [4.78, 5) is 2.39. The number of fused-ring (bicyclic) bond motifs is 4. The zero-order chi connectivity index (χ0) is 35.8. The van der Waals surface area contributed by atoms with Gasteiger partial charge in [0, 0.05) is 22.3 Å². The van der Waals surface area contributed by atoms with E-state index in [1.54, 1.807) is 0 Å². The van der Waals surface area contributed by atoms with Gasteiger partial charge in [-0.25, -0.2) is 0 Å². The number of anilines is 3. The number of para-hydroxylation sites is 1. The van der Waals surface area contributed by atoms with E-state index in [2.05, 4.69) is 211 Å². The highest BCUT2D eigenvalue weighted by Gasteiger charge is 2.23. The summed E-state index contributed by atoms with van der Waals surface area (Å²) in [5, 5.41) is 4.59. The highest BCUT2D eigenvalue weighted by atomic mass is 16.3. The molecule has 9 aromatic carbocycles. The molecule has 1 aromatic heterocycles. The van der Waals surface area contributed by atoms with Gasteiger partial charge in [0.25, 0.3) is 0 Å². The normalized spacial score (nSPS) is 11.3. The van der Waals surface area contributed by atoms with Gasteiger partial charge < -0.3 is 9.32 Å². The summed E-state index contributed by atoms with van der Waals surface area (Å²) in [7, 11) is 0. The Bertz CT molecular complexity index is 2920. The summed E-state index contributed by atoms with van der Waals surface area (Å²) >= 11 is 0. The van der Waals surface area contributed by atoms with Crippen LogP contribution in [0.2, 0.25) is 0 Å². The minimum Gasteiger partial charge on any atom is -0.455 e. The maximum atomic E-state index is 6.82. The third-order valence-corrected chi connectivity index (χ3v) is 10.5. The molecule has 0 amide bonds. The summed E-state index contributed by atoms with van der Waals surface area (Å²) < 4.78 is 6.82. The number of hydrogen-bond acceptors (Lipinski definition) is 2. The zero-order valence-electron chi connectivity index (χ0n) is 29.6. The second kappa shape index (κ2) is 13.4. The maximum Gasteiger partial charge on any atom is 0.145 e. The zero-order valence-corrected chi connectivity index (χ0v) is 29.6. The standard InChI is InChI=1S/C52H35NO/c1-3-14-36(15-4-1)38-28-30-43(31-29-38)53(44-21-13-20-41(35-44)46-23-10-9-22-45(46)39-17-5-2-6-18-39)49-33-32-47(42-27-26-37-16-7-8-19-40(37)34-42)52-51(49)48-24-11-12-25-50(48)54-52/h1-35H. The lowest BCUT2D eigenvalue weighted by Crippen LogP contribution is -2.10. The quantitative estimate of drug-likeness (QED) is 0.166. The van der Waals surface area contributed by atoms with Crippen molar-refractivity contribution in [1.29, 1.82) is 0 Å². The van der Waals surface area contributed by atoms with E-state index in [4.69, 9.17) is 4.42 Å². The second-order valence-electron chi connectivity index (χ2n) is 13.7. The first kappa shape index (κ1) is 31.6. The fraction of sp³-hybridized carbons (Fsp3) is 0. The van der Waals surface area contributed by atoms with E-state index in [1.165, 1.54) is 38.6 Å². The molecule has 0 spiro atoms. The largest absolute Gasteiger partial charge is 0.455 e. The van der Waals surface area contributed by atoms with Crippen molar-refractivity contribution in [1.82, 2.24) is 0 Å². The van der Waals surface area contributed by atoms with Crippen molar-refractivity contribution in [3.05, 3.63) is 212 Å². The molecule has 0 saturated heterocycles. The van der Waals surface area contributed by atoms with Crippen molar-refractivity contribution < 1.29 is 4.42 Å². The van der Waals surface area contributed by atoms with Crippen LogP contribution < -0.4 is 4.90 Å². The predicted octanol–water partition coefficient (Wildman–Crippen LogP) is 14.9. The highest BCUT2D eigenvalue weighted by Crippen LogP contribution is 2.47. The molecule has 2 nitrogen and oxygen atoms in total. The summed E-state index contributed by atoms with van der Waals surface area (Å²) in [6.45, 7) is 0. The minimum absolute atomic E-state index is 0.868. The topological polar surface area (TPSA) is 16.4 Å². The Hall–Kier alpha value is -7.16. The third kappa shape index (κ3) is 5.62. The highest BCUT2D eigenvalue weighted by molar-refractivity contribution is 6.17. The van der Waals surface area contributed by atoms with E-state index in [1.807, 2.05) is 6.07 Å². The van der Waals surface area contributed by atoms with E-state index >= 15 is 0 Å². The molecule has 0 aliphatic heterocycles. The Kier molecular flexibility index (Phi) is 7.85.